The van der Waals surface area contributed by atoms with Gasteiger partial charge in [-0.25, -0.2) is 0 Å². The zero-order valence-electron chi connectivity index (χ0n) is 27.8. The van der Waals surface area contributed by atoms with Crippen molar-refractivity contribution in [3.8, 4) is 18.0 Å². The Labute approximate surface area is 269 Å². The molecule has 3 aliphatic heterocycles. The van der Waals surface area contributed by atoms with Gasteiger partial charge in [0.15, 0.2) is 0 Å². The minimum absolute atomic E-state index is 0.0679. The molecule has 0 radical (unpaired) electrons. The van der Waals surface area contributed by atoms with Crippen LogP contribution in [0.25, 0.3) is 0 Å². The summed E-state index contributed by atoms with van der Waals surface area (Å²) >= 11 is 0. The van der Waals surface area contributed by atoms with E-state index in [1.54, 1.807) is 0 Å². The molecule has 9 heteroatoms. The quantitative estimate of drug-likeness (QED) is 0.104. The van der Waals surface area contributed by atoms with Crippen molar-refractivity contribution in [3.05, 3.63) is 72.9 Å². The Morgan fingerprint density at radius 3 is 0.978 bits per heavy atom. The minimum atomic E-state index is -0.433. The third kappa shape index (κ3) is 9.37. The molecule has 246 valence electrons. The van der Waals surface area contributed by atoms with Crippen LogP contribution in [-0.2, 0) is 14.2 Å². The second kappa shape index (κ2) is 16.3. The van der Waals surface area contributed by atoms with E-state index in [2.05, 4.69) is 51.4 Å². The Bertz CT molecular complexity index is 1110. The predicted octanol–water partition coefficient (Wildman–Crippen LogP) is 7.22. The van der Waals surface area contributed by atoms with Gasteiger partial charge in [-0.15, -0.1) is 15.0 Å². The van der Waals surface area contributed by atoms with Gasteiger partial charge in [0.2, 0.25) is 0 Å². The molecule has 1 aromatic rings. The lowest BCUT2D eigenvalue weighted by atomic mass is 9.99. The van der Waals surface area contributed by atoms with Crippen molar-refractivity contribution in [1.82, 2.24) is 15.0 Å². The van der Waals surface area contributed by atoms with Crippen LogP contribution >= 0.6 is 0 Å². The van der Waals surface area contributed by atoms with Gasteiger partial charge in [0.1, 0.15) is 36.6 Å². The summed E-state index contributed by atoms with van der Waals surface area (Å²) in [6.45, 7) is 12.9. The zero-order valence-corrected chi connectivity index (χ0v) is 27.8. The Hall–Kier alpha value is -3.27. The highest BCUT2D eigenvalue weighted by Crippen LogP contribution is 2.45. The molecule has 0 aliphatic carbocycles. The molecule has 3 fully saturated rings. The number of ether oxygens (including phenoxy) is 6. The van der Waals surface area contributed by atoms with Crippen molar-refractivity contribution < 1.29 is 28.4 Å². The first-order valence-corrected chi connectivity index (χ1v) is 16.3. The smallest absolute Gasteiger partial charge is 0.325 e. The molecule has 1 aromatic heterocycles. The maximum absolute atomic E-state index is 6.19. The molecule has 4 heterocycles. The number of nitrogens with zero attached hydrogens (tertiary/aromatic N) is 3. The van der Waals surface area contributed by atoms with Crippen molar-refractivity contribution in [1.29, 1.82) is 0 Å². The van der Waals surface area contributed by atoms with Crippen LogP contribution in [0.2, 0.25) is 0 Å². The fourth-order valence-electron chi connectivity index (χ4n) is 5.44. The summed E-state index contributed by atoms with van der Waals surface area (Å²) in [4.78, 5) is 13.6. The van der Waals surface area contributed by atoms with E-state index in [4.69, 9.17) is 28.4 Å². The van der Waals surface area contributed by atoms with Gasteiger partial charge in [0, 0.05) is 19.3 Å². The SMILES string of the molecule is C/C=C/CC1OC1(C/C=C/C)COc1nc(OCC2(C/C=C/C)OC2C/C=C/C)nc(OCC2(C/C=C/C)OC2C/C=C/C)n1. The minimum Gasteiger partial charge on any atom is -0.460 e. The summed E-state index contributed by atoms with van der Waals surface area (Å²) in [5.74, 6) is 0. The lowest BCUT2D eigenvalue weighted by molar-refractivity contribution is 0.150. The first-order chi connectivity index (χ1) is 21.9. The number of epoxide rings is 3. The van der Waals surface area contributed by atoms with Crippen molar-refractivity contribution in [2.45, 2.75) is 115 Å². The van der Waals surface area contributed by atoms with Crippen molar-refractivity contribution >= 4 is 0 Å². The number of hydrogen-bond donors (Lipinski definition) is 0. The van der Waals surface area contributed by atoms with Crippen molar-refractivity contribution in [3.63, 3.8) is 0 Å². The van der Waals surface area contributed by atoms with Crippen LogP contribution in [0.3, 0.4) is 0 Å². The van der Waals surface area contributed by atoms with Gasteiger partial charge >= 0.3 is 18.0 Å². The molecule has 0 aromatic carbocycles. The highest BCUT2D eigenvalue weighted by molar-refractivity contribution is 5.16. The number of rotatable bonds is 21. The summed E-state index contributed by atoms with van der Waals surface area (Å²) < 4.78 is 37.0. The van der Waals surface area contributed by atoms with Crippen molar-refractivity contribution in [2.24, 2.45) is 0 Å². The molecule has 3 saturated heterocycles. The molecule has 45 heavy (non-hydrogen) atoms. The van der Waals surface area contributed by atoms with Gasteiger partial charge in [-0.2, -0.15) is 0 Å². The number of aromatic nitrogens is 3. The second-order valence-electron chi connectivity index (χ2n) is 11.8. The summed E-state index contributed by atoms with van der Waals surface area (Å²) in [6, 6.07) is 0.388. The Morgan fingerprint density at radius 2 is 0.733 bits per heavy atom. The molecule has 4 rings (SSSR count). The Balaban J connectivity index is 1.51. The van der Waals surface area contributed by atoms with Gasteiger partial charge in [-0.3, -0.25) is 0 Å². The Morgan fingerprint density at radius 1 is 0.467 bits per heavy atom. The highest BCUT2D eigenvalue weighted by atomic mass is 16.7. The standard InChI is InChI=1S/C36H51N3O6/c1-7-13-19-28-34(43-28,22-16-10-4)25-40-31-37-32(41-26-35(23-17-11-5)29(44-35)20-14-8-2)39-33(38-31)42-27-36(24-18-12-6)30(45-36)21-15-9-3/h7-18,28-30H,19-27H2,1-6H3/b13-7+,14-8+,15-9+,16-10+,17-11+,18-12+. The molecule has 0 amide bonds. The lowest BCUT2D eigenvalue weighted by Gasteiger charge is -2.16. The topological polar surface area (TPSA) is 104 Å². The van der Waals surface area contributed by atoms with Gasteiger partial charge in [0.05, 0.1) is 18.3 Å². The third-order valence-electron chi connectivity index (χ3n) is 8.49. The monoisotopic (exact) mass is 621 g/mol. The van der Waals surface area contributed by atoms with Crippen LogP contribution in [-0.4, -0.2) is 69.9 Å². The zero-order chi connectivity index (χ0) is 32.2. The van der Waals surface area contributed by atoms with Crippen LogP contribution in [0.5, 0.6) is 18.0 Å². The van der Waals surface area contributed by atoms with Crippen LogP contribution < -0.4 is 14.2 Å². The first-order valence-electron chi connectivity index (χ1n) is 16.3. The maximum Gasteiger partial charge on any atom is 0.325 e. The molecule has 0 spiro atoms. The Kier molecular flexibility index (Phi) is 12.6. The molecule has 0 bridgehead atoms. The fourth-order valence-corrected chi connectivity index (χ4v) is 5.44. The highest BCUT2D eigenvalue weighted by Gasteiger charge is 2.57. The first kappa shape index (κ1) is 34.6. The van der Waals surface area contributed by atoms with Crippen molar-refractivity contribution in [2.75, 3.05) is 19.8 Å². The molecule has 6 atom stereocenters. The van der Waals surface area contributed by atoms with Crippen LogP contribution in [0.4, 0.5) is 0 Å². The second-order valence-corrected chi connectivity index (χ2v) is 11.8. The fraction of sp³-hybridized carbons (Fsp3) is 0.583. The normalized spacial score (nSPS) is 30.9. The number of hydrogen-bond acceptors (Lipinski definition) is 9. The van der Waals surface area contributed by atoms with Gasteiger partial charge in [0.25, 0.3) is 0 Å². The average molecular weight is 622 g/mol. The van der Waals surface area contributed by atoms with Gasteiger partial charge in [-0.1, -0.05) is 72.9 Å². The van der Waals surface area contributed by atoms with E-state index in [1.807, 2.05) is 78.0 Å². The van der Waals surface area contributed by atoms with E-state index in [1.165, 1.54) is 0 Å². The molecule has 9 nitrogen and oxygen atoms in total. The third-order valence-corrected chi connectivity index (χ3v) is 8.49. The summed E-state index contributed by atoms with van der Waals surface area (Å²) in [5.41, 5.74) is -1.30. The lowest BCUT2D eigenvalue weighted by Crippen LogP contribution is -2.27. The summed E-state index contributed by atoms with van der Waals surface area (Å²) in [5, 5.41) is 0. The maximum atomic E-state index is 6.19. The van der Waals surface area contributed by atoms with E-state index in [9.17, 15) is 0 Å². The van der Waals surface area contributed by atoms with E-state index in [0.29, 0.717) is 19.8 Å². The average Bonchev–Trinajstić information content (AvgIpc) is 4.01. The van der Waals surface area contributed by atoms with Gasteiger partial charge < -0.3 is 28.4 Å². The summed E-state index contributed by atoms with van der Waals surface area (Å²) in [7, 11) is 0. The van der Waals surface area contributed by atoms with E-state index in [0.717, 1.165) is 38.5 Å². The van der Waals surface area contributed by atoms with Crippen LogP contribution in [0.15, 0.2) is 72.9 Å². The van der Waals surface area contributed by atoms with Crippen LogP contribution in [0, 0.1) is 0 Å². The predicted molar refractivity (Wildman–Crippen MR) is 176 cm³/mol. The van der Waals surface area contributed by atoms with E-state index < -0.39 is 16.8 Å². The molecule has 0 N–H and O–H groups in total. The summed E-state index contributed by atoms with van der Waals surface area (Å²) in [6.07, 6.45) is 29.7. The van der Waals surface area contributed by atoms with Gasteiger partial charge in [-0.05, 0) is 60.8 Å². The van der Waals surface area contributed by atoms with Crippen LogP contribution in [0.1, 0.15) is 80.1 Å². The molecular formula is C36H51N3O6. The molecule has 0 saturated carbocycles. The number of allylic oxidation sites excluding steroid dienone is 6. The van der Waals surface area contributed by atoms with E-state index in [-0.39, 0.29) is 36.3 Å². The largest absolute Gasteiger partial charge is 0.460 e. The molecule has 6 unspecified atom stereocenters. The molecular weight excluding hydrogens is 570 g/mol. The molecule has 3 aliphatic rings. The van der Waals surface area contributed by atoms with E-state index >= 15 is 0 Å².